The van der Waals surface area contributed by atoms with E-state index in [0.717, 1.165) is 23.3 Å². The molecule has 0 heterocycles. The van der Waals surface area contributed by atoms with Gasteiger partial charge in [-0.15, -0.1) is 0 Å². The average Bonchev–Trinajstić information content (AvgIpc) is 2.61. The van der Waals surface area contributed by atoms with Crippen LogP contribution in [0, 0.1) is 6.92 Å². The maximum absolute atomic E-state index is 12.5. The smallest absolute Gasteiger partial charge is 0.317 e. The number of aryl methyl sites for hydroxylation is 1. The molecule has 0 unspecified atom stereocenters. The third-order valence-corrected chi connectivity index (χ3v) is 4.03. The molecule has 0 aromatic heterocycles. The number of carbonyl (C=O) groups excluding carboxylic acids is 1. The molecule has 4 heteroatoms. The van der Waals surface area contributed by atoms with Crippen molar-refractivity contribution in [2.75, 3.05) is 13.2 Å². The van der Waals surface area contributed by atoms with Crippen molar-refractivity contribution in [3.05, 3.63) is 65.7 Å². The lowest BCUT2D eigenvalue weighted by molar-refractivity contribution is 0.179. The molecule has 134 valence electrons. The van der Waals surface area contributed by atoms with Gasteiger partial charge in [0.05, 0.1) is 6.61 Å². The van der Waals surface area contributed by atoms with E-state index in [4.69, 9.17) is 4.74 Å². The Bertz CT molecular complexity index is 656. The molecule has 0 aliphatic heterocycles. The van der Waals surface area contributed by atoms with E-state index >= 15 is 0 Å². The van der Waals surface area contributed by atoms with E-state index in [9.17, 15) is 4.79 Å². The number of urea groups is 1. The summed E-state index contributed by atoms with van der Waals surface area (Å²) in [4.78, 5) is 14.3. The first-order chi connectivity index (χ1) is 12.1. The summed E-state index contributed by atoms with van der Waals surface area (Å²) in [6.07, 6.45) is 0.775. The molecular formula is C21H28N2O2. The summed E-state index contributed by atoms with van der Waals surface area (Å²) in [6, 6.07) is 18.1. The zero-order valence-electron chi connectivity index (χ0n) is 15.4. The van der Waals surface area contributed by atoms with Crippen LogP contribution in [0.1, 0.15) is 31.4 Å². The van der Waals surface area contributed by atoms with Gasteiger partial charge in [0.2, 0.25) is 0 Å². The number of para-hydroxylation sites is 1. The van der Waals surface area contributed by atoms with Gasteiger partial charge in [-0.2, -0.15) is 0 Å². The Labute approximate surface area is 150 Å². The lowest BCUT2D eigenvalue weighted by Gasteiger charge is -2.27. The lowest BCUT2D eigenvalue weighted by Crippen LogP contribution is -2.43. The molecular weight excluding hydrogens is 312 g/mol. The van der Waals surface area contributed by atoms with Crippen LogP contribution >= 0.6 is 0 Å². The van der Waals surface area contributed by atoms with Crippen molar-refractivity contribution in [2.45, 2.75) is 39.8 Å². The van der Waals surface area contributed by atoms with Gasteiger partial charge in [-0.1, -0.05) is 48.5 Å². The van der Waals surface area contributed by atoms with Crippen molar-refractivity contribution in [3.8, 4) is 5.75 Å². The van der Waals surface area contributed by atoms with Crippen molar-refractivity contribution in [1.82, 2.24) is 10.2 Å². The largest absolute Gasteiger partial charge is 0.493 e. The standard InChI is InChI=1S/C21H28N2O2/c1-17(2)23(16-19-11-5-4-6-12-19)21(24)22-14-9-15-25-20-13-8-7-10-18(20)3/h4-8,10-13,17H,9,14-16H2,1-3H3,(H,22,24). The third-order valence-electron chi connectivity index (χ3n) is 4.03. The number of carbonyl (C=O) groups is 1. The van der Waals surface area contributed by atoms with E-state index in [1.54, 1.807) is 0 Å². The van der Waals surface area contributed by atoms with Gasteiger partial charge in [0.25, 0.3) is 0 Å². The molecule has 0 spiro atoms. The Kier molecular flexibility index (Phi) is 7.33. The van der Waals surface area contributed by atoms with Crippen molar-refractivity contribution in [1.29, 1.82) is 0 Å². The number of hydrogen-bond donors (Lipinski definition) is 1. The van der Waals surface area contributed by atoms with Crippen LogP contribution in [0.25, 0.3) is 0 Å². The molecule has 2 aromatic carbocycles. The second-order valence-corrected chi connectivity index (χ2v) is 6.41. The first kappa shape index (κ1) is 18.8. The van der Waals surface area contributed by atoms with Gasteiger partial charge in [0.15, 0.2) is 0 Å². The van der Waals surface area contributed by atoms with Gasteiger partial charge in [-0.25, -0.2) is 4.79 Å². The Hall–Kier alpha value is -2.49. The summed E-state index contributed by atoms with van der Waals surface area (Å²) in [6.45, 7) is 7.90. The van der Waals surface area contributed by atoms with Gasteiger partial charge in [-0.05, 0) is 44.4 Å². The van der Waals surface area contributed by atoms with E-state index in [0.29, 0.717) is 19.7 Å². The highest BCUT2D eigenvalue weighted by molar-refractivity contribution is 5.74. The lowest BCUT2D eigenvalue weighted by atomic mass is 10.2. The summed E-state index contributed by atoms with van der Waals surface area (Å²) >= 11 is 0. The number of ether oxygens (including phenoxy) is 1. The number of hydrogen-bond acceptors (Lipinski definition) is 2. The molecule has 0 aliphatic rings. The molecule has 2 amide bonds. The van der Waals surface area contributed by atoms with Crippen LogP contribution in [-0.4, -0.2) is 30.1 Å². The number of benzene rings is 2. The number of nitrogens with one attached hydrogen (secondary N) is 1. The van der Waals surface area contributed by atoms with E-state index in [1.807, 2.05) is 80.3 Å². The summed E-state index contributed by atoms with van der Waals surface area (Å²) in [7, 11) is 0. The zero-order valence-corrected chi connectivity index (χ0v) is 15.4. The molecule has 0 saturated heterocycles. The van der Waals surface area contributed by atoms with Crippen LogP contribution < -0.4 is 10.1 Å². The highest BCUT2D eigenvalue weighted by atomic mass is 16.5. The van der Waals surface area contributed by atoms with Crippen molar-refractivity contribution in [3.63, 3.8) is 0 Å². The number of amides is 2. The summed E-state index contributed by atoms with van der Waals surface area (Å²) in [5.41, 5.74) is 2.26. The average molecular weight is 340 g/mol. The maximum atomic E-state index is 12.5. The third kappa shape index (κ3) is 6.14. The van der Waals surface area contributed by atoms with Crippen molar-refractivity contribution >= 4 is 6.03 Å². The second kappa shape index (κ2) is 9.72. The van der Waals surface area contributed by atoms with Gasteiger partial charge in [0.1, 0.15) is 5.75 Å². The topological polar surface area (TPSA) is 41.6 Å². The van der Waals surface area contributed by atoms with Gasteiger partial charge >= 0.3 is 6.03 Å². The van der Waals surface area contributed by atoms with Crippen LogP contribution in [0.4, 0.5) is 4.79 Å². The van der Waals surface area contributed by atoms with E-state index in [2.05, 4.69) is 5.32 Å². The van der Waals surface area contributed by atoms with Crippen molar-refractivity contribution in [2.24, 2.45) is 0 Å². The first-order valence-corrected chi connectivity index (χ1v) is 8.84. The Morgan fingerprint density at radius 3 is 2.44 bits per heavy atom. The normalized spacial score (nSPS) is 10.6. The van der Waals surface area contributed by atoms with Crippen LogP contribution in [0.3, 0.4) is 0 Å². The van der Waals surface area contributed by atoms with Crippen molar-refractivity contribution < 1.29 is 9.53 Å². The van der Waals surface area contributed by atoms with E-state index in [-0.39, 0.29) is 12.1 Å². The van der Waals surface area contributed by atoms with Gasteiger partial charge in [-0.3, -0.25) is 0 Å². The monoisotopic (exact) mass is 340 g/mol. The minimum Gasteiger partial charge on any atom is -0.493 e. The summed E-state index contributed by atoms with van der Waals surface area (Å²) in [5.74, 6) is 0.904. The van der Waals surface area contributed by atoms with Crippen LogP contribution in [0.5, 0.6) is 5.75 Å². The minimum atomic E-state index is -0.0326. The van der Waals surface area contributed by atoms with E-state index in [1.165, 1.54) is 0 Å². The fourth-order valence-electron chi connectivity index (χ4n) is 2.54. The molecule has 4 nitrogen and oxygen atoms in total. The Morgan fingerprint density at radius 2 is 1.76 bits per heavy atom. The maximum Gasteiger partial charge on any atom is 0.317 e. The Morgan fingerprint density at radius 1 is 1.08 bits per heavy atom. The SMILES string of the molecule is Cc1ccccc1OCCCNC(=O)N(Cc1ccccc1)C(C)C. The fraction of sp³-hybridized carbons (Fsp3) is 0.381. The number of nitrogens with zero attached hydrogens (tertiary/aromatic N) is 1. The first-order valence-electron chi connectivity index (χ1n) is 8.84. The molecule has 1 N–H and O–H groups in total. The molecule has 25 heavy (non-hydrogen) atoms. The zero-order chi connectivity index (χ0) is 18.1. The molecule has 2 rings (SSSR count). The van der Waals surface area contributed by atoms with Crippen LogP contribution in [0.2, 0.25) is 0 Å². The summed E-state index contributed by atoms with van der Waals surface area (Å²) in [5, 5.41) is 2.99. The van der Waals surface area contributed by atoms with Crippen LogP contribution in [-0.2, 0) is 6.54 Å². The molecule has 0 atom stereocenters. The number of rotatable bonds is 8. The molecule has 0 radical (unpaired) electrons. The van der Waals surface area contributed by atoms with Gasteiger partial charge < -0.3 is 15.0 Å². The molecule has 0 fully saturated rings. The summed E-state index contributed by atoms with van der Waals surface area (Å²) < 4.78 is 5.76. The molecule has 0 bridgehead atoms. The molecule has 0 saturated carbocycles. The highest BCUT2D eigenvalue weighted by Crippen LogP contribution is 2.16. The van der Waals surface area contributed by atoms with Crippen LogP contribution in [0.15, 0.2) is 54.6 Å². The minimum absolute atomic E-state index is 0.0326. The predicted octanol–water partition coefficient (Wildman–Crippen LogP) is 4.38. The Balaban J connectivity index is 1.74. The predicted molar refractivity (Wildman–Crippen MR) is 102 cm³/mol. The molecule has 2 aromatic rings. The second-order valence-electron chi connectivity index (χ2n) is 6.41. The fourth-order valence-corrected chi connectivity index (χ4v) is 2.54. The quantitative estimate of drug-likeness (QED) is 0.724. The highest BCUT2D eigenvalue weighted by Gasteiger charge is 2.16. The van der Waals surface area contributed by atoms with Gasteiger partial charge in [0, 0.05) is 19.1 Å². The molecule has 0 aliphatic carbocycles. The van der Waals surface area contributed by atoms with E-state index < -0.39 is 0 Å².